The Morgan fingerprint density at radius 3 is 2.67 bits per heavy atom. The average molecular weight is 233 g/mol. The number of benzene rings is 1. The van der Waals surface area contributed by atoms with Crippen molar-refractivity contribution in [3.8, 4) is 0 Å². The van der Waals surface area contributed by atoms with Gasteiger partial charge < -0.3 is 15.6 Å². The minimum atomic E-state index is -1.46. The van der Waals surface area contributed by atoms with E-state index in [9.17, 15) is 14.3 Å². The molecule has 5 heteroatoms. The molecule has 2 N–H and O–H groups in total. The number of anilines is 1. The minimum absolute atomic E-state index is 0.0363. The van der Waals surface area contributed by atoms with Crippen LogP contribution in [0.15, 0.2) is 16.6 Å². The van der Waals surface area contributed by atoms with E-state index in [1.165, 1.54) is 0 Å². The van der Waals surface area contributed by atoms with E-state index in [1.807, 2.05) is 0 Å². The largest absolute Gasteiger partial charge is 0.545 e. The summed E-state index contributed by atoms with van der Waals surface area (Å²) in [6.45, 7) is 0. The smallest absolute Gasteiger partial charge is 0.126 e. The van der Waals surface area contributed by atoms with E-state index in [0.29, 0.717) is 0 Å². The van der Waals surface area contributed by atoms with Crippen LogP contribution in [0.2, 0.25) is 0 Å². The maximum absolute atomic E-state index is 12.6. The second-order valence-electron chi connectivity index (χ2n) is 2.14. The molecule has 0 aliphatic carbocycles. The van der Waals surface area contributed by atoms with E-state index >= 15 is 0 Å². The molecule has 0 heterocycles. The molecule has 1 aromatic carbocycles. The Morgan fingerprint density at radius 1 is 1.58 bits per heavy atom. The first-order valence-corrected chi connectivity index (χ1v) is 3.77. The first-order valence-electron chi connectivity index (χ1n) is 2.98. The highest BCUT2D eigenvalue weighted by Gasteiger charge is 2.06. The van der Waals surface area contributed by atoms with E-state index < -0.39 is 11.8 Å². The summed E-state index contributed by atoms with van der Waals surface area (Å²) in [6.07, 6.45) is 0. The lowest BCUT2D eigenvalue weighted by Gasteiger charge is -2.07. The molecule has 0 fully saturated rings. The van der Waals surface area contributed by atoms with Gasteiger partial charge in [0.25, 0.3) is 0 Å². The lowest BCUT2D eigenvalue weighted by Crippen LogP contribution is -2.23. The summed E-state index contributed by atoms with van der Waals surface area (Å²) in [7, 11) is 0. The fraction of sp³-hybridized carbons (Fsp3) is 0. The molecular weight excluding hydrogens is 229 g/mol. The van der Waals surface area contributed by atoms with Crippen LogP contribution in [-0.4, -0.2) is 5.97 Å². The second kappa shape index (κ2) is 3.10. The first-order chi connectivity index (χ1) is 5.52. The molecule has 0 unspecified atom stereocenters. The van der Waals surface area contributed by atoms with Gasteiger partial charge in [-0.25, -0.2) is 4.39 Å². The molecule has 0 amide bonds. The molecule has 0 radical (unpaired) electrons. The molecule has 0 atom stereocenters. The Labute approximate surface area is 76.1 Å². The van der Waals surface area contributed by atoms with Gasteiger partial charge in [0.05, 0.1) is 5.97 Å². The van der Waals surface area contributed by atoms with Crippen molar-refractivity contribution in [2.45, 2.75) is 0 Å². The molecule has 0 aliphatic rings. The SMILES string of the molecule is Nc1cc(F)cc(C(=O)[O-])c1Br. The maximum atomic E-state index is 12.6. The number of nitrogens with two attached hydrogens (primary N) is 1. The molecule has 1 aromatic rings. The predicted octanol–water partition coefficient (Wildman–Crippen LogP) is 0.534. The van der Waals surface area contributed by atoms with Crippen LogP contribution in [-0.2, 0) is 0 Å². The number of rotatable bonds is 1. The van der Waals surface area contributed by atoms with Crippen LogP contribution in [0.4, 0.5) is 10.1 Å². The molecule has 0 bridgehead atoms. The van der Waals surface area contributed by atoms with Gasteiger partial charge in [-0.05, 0) is 28.1 Å². The maximum Gasteiger partial charge on any atom is 0.126 e. The predicted molar refractivity (Wildman–Crippen MR) is 42.8 cm³/mol. The fourth-order valence-electron chi connectivity index (χ4n) is 0.759. The normalized spacial score (nSPS) is 9.83. The summed E-state index contributed by atoms with van der Waals surface area (Å²) < 4.78 is 12.7. The first kappa shape index (κ1) is 8.99. The van der Waals surface area contributed by atoms with E-state index in [2.05, 4.69) is 15.9 Å². The highest BCUT2D eigenvalue weighted by atomic mass is 79.9. The standard InChI is InChI=1S/C7H5BrFNO2/c8-6-4(7(11)12)1-3(9)2-5(6)10/h1-2H,10H2,(H,11,12)/p-1. The van der Waals surface area contributed by atoms with Gasteiger partial charge in [-0.15, -0.1) is 0 Å². The van der Waals surface area contributed by atoms with Crippen LogP contribution >= 0.6 is 15.9 Å². The summed E-state index contributed by atoms with van der Waals surface area (Å²) >= 11 is 2.90. The Kier molecular flexibility index (Phi) is 2.32. The van der Waals surface area contributed by atoms with Crippen molar-refractivity contribution in [2.75, 3.05) is 5.73 Å². The Balaban J connectivity index is 3.37. The molecule has 1 rings (SSSR count). The second-order valence-corrected chi connectivity index (χ2v) is 2.94. The number of nitrogen functional groups attached to an aromatic ring is 1. The zero-order chi connectivity index (χ0) is 9.30. The summed E-state index contributed by atoms with van der Waals surface area (Å²) in [6, 6.07) is 1.87. The van der Waals surface area contributed by atoms with Gasteiger partial charge in [-0.3, -0.25) is 0 Å². The molecule has 0 saturated heterocycles. The third kappa shape index (κ3) is 1.55. The lowest BCUT2D eigenvalue weighted by atomic mass is 10.2. The number of hydrogen-bond donors (Lipinski definition) is 1. The molecule has 3 nitrogen and oxygen atoms in total. The van der Waals surface area contributed by atoms with Crippen molar-refractivity contribution in [3.63, 3.8) is 0 Å². The molecule has 64 valence electrons. The third-order valence-corrected chi connectivity index (χ3v) is 2.17. The molecular formula is C7H4BrFNO2-. The number of hydrogen-bond acceptors (Lipinski definition) is 3. The van der Waals surface area contributed by atoms with Crippen molar-refractivity contribution < 1.29 is 14.3 Å². The fourth-order valence-corrected chi connectivity index (χ4v) is 1.15. The van der Waals surface area contributed by atoms with Gasteiger partial charge in [-0.1, -0.05) is 0 Å². The topological polar surface area (TPSA) is 66.2 Å². The summed E-state index contributed by atoms with van der Waals surface area (Å²) in [5.74, 6) is -2.16. The lowest BCUT2D eigenvalue weighted by molar-refractivity contribution is -0.255. The van der Waals surface area contributed by atoms with Gasteiger partial charge in [0.15, 0.2) is 0 Å². The monoisotopic (exact) mass is 232 g/mol. The van der Waals surface area contributed by atoms with Crippen molar-refractivity contribution in [3.05, 3.63) is 28.0 Å². The Hall–Kier alpha value is -1.10. The Bertz CT molecular complexity index is 340. The van der Waals surface area contributed by atoms with Gasteiger partial charge in [-0.2, -0.15) is 0 Å². The summed E-state index contributed by atoms with van der Waals surface area (Å²) in [5, 5.41) is 10.4. The van der Waals surface area contributed by atoms with Crippen molar-refractivity contribution in [2.24, 2.45) is 0 Å². The highest BCUT2D eigenvalue weighted by molar-refractivity contribution is 9.10. The van der Waals surface area contributed by atoms with Crippen molar-refractivity contribution in [1.82, 2.24) is 0 Å². The van der Waals surface area contributed by atoms with Gasteiger partial charge in [0.2, 0.25) is 0 Å². The third-order valence-electron chi connectivity index (χ3n) is 1.29. The van der Waals surface area contributed by atoms with Crippen LogP contribution in [0.25, 0.3) is 0 Å². The minimum Gasteiger partial charge on any atom is -0.545 e. The van der Waals surface area contributed by atoms with Crippen molar-refractivity contribution in [1.29, 1.82) is 0 Å². The van der Waals surface area contributed by atoms with Crippen LogP contribution < -0.4 is 10.8 Å². The van der Waals surface area contributed by atoms with E-state index in [1.54, 1.807) is 0 Å². The number of carbonyl (C=O) groups excluding carboxylic acids is 1. The van der Waals surface area contributed by atoms with E-state index in [0.717, 1.165) is 12.1 Å². The quantitative estimate of drug-likeness (QED) is 0.719. The molecule has 0 saturated carbocycles. The molecule has 0 aliphatic heterocycles. The van der Waals surface area contributed by atoms with Crippen LogP contribution in [0.5, 0.6) is 0 Å². The van der Waals surface area contributed by atoms with Crippen molar-refractivity contribution >= 4 is 27.6 Å². The van der Waals surface area contributed by atoms with Crippen LogP contribution in [0, 0.1) is 5.82 Å². The molecule has 12 heavy (non-hydrogen) atoms. The van der Waals surface area contributed by atoms with E-state index in [4.69, 9.17) is 5.73 Å². The number of carboxylic acid groups (broad SMARTS) is 1. The summed E-state index contributed by atoms with van der Waals surface area (Å²) in [5.41, 5.74) is 5.03. The summed E-state index contributed by atoms with van der Waals surface area (Å²) in [4.78, 5) is 10.4. The molecule has 0 aromatic heterocycles. The van der Waals surface area contributed by atoms with Gasteiger partial charge in [0.1, 0.15) is 5.82 Å². The average Bonchev–Trinajstić information content (AvgIpc) is 1.96. The van der Waals surface area contributed by atoms with Crippen LogP contribution in [0.3, 0.4) is 0 Å². The zero-order valence-electron chi connectivity index (χ0n) is 5.80. The van der Waals surface area contributed by atoms with Gasteiger partial charge >= 0.3 is 0 Å². The van der Waals surface area contributed by atoms with Gasteiger partial charge in [0, 0.05) is 15.7 Å². The highest BCUT2D eigenvalue weighted by Crippen LogP contribution is 2.24. The zero-order valence-corrected chi connectivity index (χ0v) is 7.39. The van der Waals surface area contributed by atoms with Crippen LogP contribution in [0.1, 0.15) is 10.4 Å². The number of carboxylic acids is 1. The molecule has 0 spiro atoms. The number of aromatic carboxylic acids is 1. The van der Waals surface area contributed by atoms with E-state index in [-0.39, 0.29) is 15.7 Å². The number of halogens is 2. The number of carbonyl (C=O) groups is 1. The Morgan fingerprint density at radius 2 is 2.17 bits per heavy atom.